The SMILES string of the molecule is Nc1ccccc1-c1nn(Cc2cccc(C(=O)O)c2)c(=O)[nH]c1=O. The summed E-state index contributed by atoms with van der Waals surface area (Å²) >= 11 is 0. The maximum Gasteiger partial charge on any atom is 0.345 e. The van der Waals surface area contributed by atoms with Crippen molar-refractivity contribution >= 4 is 11.7 Å². The Bertz CT molecular complexity index is 1070. The van der Waals surface area contributed by atoms with Gasteiger partial charge in [-0.25, -0.2) is 14.3 Å². The quantitative estimate of drug-likeness (QED) is 0.606. The Morgan fingerprint density at radius 2 is 1.92 bits per heavy atom. The van der Waals surface area contributed by atoms with Gasteiger partial charge in [0.1, 0.15) is 0 Å². The monoisotopic (exact) mass is 338 g/mol. The van der Waals surface area contributed by atoms with Crippen molar-refractivity contribution in [3.05, 3.63) is 80.5 Å². The number of carboxylic acid groups (broad SMARTS) is 1. The van der Waals surface area contributed by atoms with Crippen molar-refractivity contribution in [1.29, 1.82) is 0 Å². The average molecular weight is 338 g/mol. The van der Waals surface area contributed by atoms with Crippen LogP contribution in [0.25, 0.3) is 11.3 Å². The van der Waals surface area contributed by atoms with Gasteiger partial charge in [-0.15, -0.1) is 0 Å². The second kappa shape index (κ2) is 6.44. The van der Waals surface area contributed by atoms with Gasteiger partial charge in [-0.1, -0.05) is 30.3 Å². The molecule has 3 aromatic rings. The molecule has 8 nitrogen and oxygen atoms in total. The van der Waals surface area contributed by atoms with E-state index in [2.05, 4.69) is 10.1 Å². The highest BCUT2D eigenvalue weighted by Crippen LogP contribution is 2.19. The first kappa shape index (κ1) is 16.2. The number of H-pyrrole nitrogens is 1. The molecule has 126 valence electrons. The average Bonchev–Trinajstić information content (AvgIpc) is 2.58. The van der Waals surface area contributed by atoms with Gasteiger partial charge >= 0.3 is 11.7 Å². The number of nitrogen functional groups attached to an aromatic ring is 1. The maximum absolute atomic E-state index is 12.1. The highest BCUT2D eigenvalue weighted by molar-refractivity contribution is 5.87. The molecule has 0 unspecified atom stereocenters. The van der Waals surface area contributed by atoms with Gasteiger partial charge in [-0.05, 0) is 23.8 Å². The number of rotatable bonds is 4. The number of hydrogen-bond acceptors (Lipinski definition) is 5. The lowest BCUT2D eigenvalue weighted by Gasteiger charge is -2.08. The van der Waals surface area contributed by atoms with Crippen LogP contribution in [0.3, 0.4) is 0 Å². The molecule has 0 bridgehead atoms. The summed E-state index contributed by atoms with van der Waals surface area (Å²) in [6, 6.07) is 12.8. The van der Waals surface area contributed by atoms with E-state index in [1.165, 1.54) is 12.1 Å². The van der Waals surface area contributed by atoms with Crippen molar-refractivity contribution in [3.63, 3.8) is 0 Å². The molecule has 25 heavy (non-hydrogen) atoms. The first-order chi connectivity index (χ1) is 12.0. The fourth-order valence-electron chi connectivity index (χ4n) is 2.40. The van der Waals surface area contributed by atoms with Crippen molar-refractivity contribution in [2.45, 2.75) is 6.54 Å². The lowest BCUT2D eigenvalue weighted by molar-refractivity contribution is 0.0696. The summed E-state index contributed by atoms with van der Waals surface area (Å²) in [7, 11) is 0. The molecule has 0 saturated heterocycles. The molecule has 8 heteroatoms. The number of anilines is 1. The van der Waals surface area contributed by atoms with E-state index in [1.54, 1.807) is 36.4 Å². The smallest absolute Gasteiger partial charge is 0.345 e. The summed E-state index contributed by atoms with van der Waals surface area (Å²) in [5.74, 6) is -1.07. The molecule has 0 saturated carbocycles. The highest BCUT2D eigenvalue weighted by atomic mass is 16.4. The van der Waals surface area contributed by atoms with Crippen molar-refractivity contribution in [1.82, 2.24) is 14.8 Å². The third-order valence-electron chi connectivity index (χ3n) is 3.61. The molecule has 0 aliphatic carbocycles. The van der Waals surface area contributed by atoms with Gasteiger partial charge in [0.05, 0.1) is 12.1 Å². The van der Waals surface area contributed by atoms with E-state index >= 15 is 0 Å². The Morgan fingerprint density at radius 3 is 2.64 bits per heavy atom. The van der Waals surface area contributed by atoms with Crippen LogP contribution in [-0.2, 0) is 6.54 Å². The molecule has 0 radical (unpaired) electrons. The predicted octanol–water partition coefficient (Wildman–Crippen LogP) is 0.927. The van der Waals surface area contributed by atoms with Gasteiger partial charge in [0.25, 0.3) is 5.56 Å². The summed E-state index contributed by atoms with van der Waals surface area (Å²) in [4.78, 5) is 37.4. The molecule has 0 aliphatic heterocycles. The molecule has 1 aromatic heterocycles. The van der Waals surface area contributed by atoms with Gasteiger partial charge in [0.2, 0.25) is 0 Å². The van der Waals surface area contributed by atoms with Gasteiger partial charge in [-0.3, -0.25) is 9.78 Å². The summed E-state index contributed by atoms with van der Waals surface area (Å²) in [5, 5.41) is 13.1. The summed E-state index contributed by atoms with van der Waals surface area (Å²) in [5.41, 5.74) is 6.00. The minimum absolute atomic E-state index is 0.0104. The predicted molar refractivity (Wildman–Crippen MR) is 91.5 cm³/mol. The number of aromatic nitrogens is 3. The molecule has 0 spiro atoms. The van der Waals surface area contributed by atoms with Crippen LogP contribution in [0.5, 0.6) is 0 Å². The third kappa shape index (κ3) is 3.32. The standard InChI is InChI=1S/C17H14N4O4/c18-13-7-2-1-6-12(13)14-15(22)19-17(25)21(20-14)9-10-4-3-5-11(8-10)16(23)24/h1-8H,9,18H2,(H,23,24)(H,19,22,25). The van der Waals surface area contributed by atoms with E-state index in [-0.39, 0.29) is 17.8 Å². The lowest BCUT2D eigenvalue weighted by Crippen LogP contribution is -2.34. The largest absolute Gasteiger partial charge is 0.478 e. The molecule has 0 aliphatic rings. The lowest BCUT2D eigenvalue weighted by atomic mass is 10.1. The van der Waals surface area contributed by atoms with E-state index in [9.17, 15) is 14.4 Å². The Balaban J connectivity index is 2.06. The summed E-state index contributed by atoms with van der Waals surface area (Å²) in [6.45, 7) is 0.0104. The van der Waals surface area contributed by atoms with Crippen molar-refractivity contribution < 1.29 is 9.90 Å². The Kier molecular flexibility index (Phi) is 4.17. The Labute approximate surface area is 141 Å². The maximum atomic E-state index is 12.1. The molecule has 2 aromatic carbocycles. The zero-order chi connectivity index (χ0) is 18.0. The second-order valence-electron chi connectivity index (χ2n) is 5.36. The highest BCUT2D eigenvalue weighted by Gasteiger charge is 2.12. The van der Waals surface area contributed by atoms with Crippen LogP contribution in [-0.4, -0.2) is 25.8 Å². The van der Waals surface area contributed by atoms with E-state index in [0.29, 0.717) is 16.8 Å². The molecule has 0 atom stereocenters. The van der Waals surface area contributed by atoms with Crippen LogP contribution in [0.2, 0.25) is 0 Å². The summed E-state index contributed by atoms with van der Waals surface area (Å²) < 4.78 is 1.06. The minimum Gasteiger partial charge on any atom is -0.478 e. The Morgan fingerprint density at radius 1 is 1.16 bits per heavy atom. The number of nitrogens with one attached hydrogen (secondary N) is 1. The number of benzene rings is 2. The number of carboxylic acids is 1. The van der Waals surface area contributed by atoms with Gasteiger partial charge in [0.15, 0.2) is 5.69 Å². The van der Waals surface area contributed by atoms with Crippen molar-refractivity contribution in [2.75, 3.05) is 5.73 Å². The number of carbonyl (C=O) groups is 1. The van der Waals surface area contributed by atoms with Crippen LogP contribution >= 0.6 is 0 Å². The molecule has 0 amide bonds. The topological polar surface area (TPSA) is 131 Å². The van der Waals surface area contributed by atoms with Gasteiger partial charge < -0.3 is 10.8 Å². The number of nitrogens with zero attached hydrogens (tertiary/aromatic N) is 2. The zero-order valence-corrected chi connectivity index (χ0v) is 13.0. The van der Waals surface area contributed by atoms with E-state index in [0.717, 1.165) is 4.68 Å². The number of hydrogen-bond donors (Lipinski definition) is 3. The first-order valence-electron chi connectivity index (χ1n) is 7.34. The molecular weight excluding hydrogens is 324 g/mol. The normalized spacial score (nSPS) is 10.6. The molecular formula is C17H14N4O4. The minimum atomic E-state index is -1.07. The number of nitrogens with two attached hydrogens (primary N) is 1. The molecule has 3 rings (SSSR count). The molecule has 0 fully saturated rings. The molecule has 4 N–H and O–H groups in total. The fraction of sp³-hybridized carbons (Fsp3) is 0.0588. The van der Waals surface area contributed by atoms with Crippen LogP contribution in [0, 0.1) is 0 Å². The van der Waals surface area contributed by atoms with Crippen molar-refractivity contribution in [2.24, 2.45) is 0 Å². The Hall–Kier alpha value is -3.68. The fourth-order valence-corrected chi connectivity index (χ4v) is 2.40. The number of aromatic amines is 1. The van der Waals surface area contributed by atoms with Crippen LogP contribution in [0.4, 0.5) is 5.69 Å². The van der Waals surface area contributed by atoms with E-state index in [4.69, 9.17) is 10.8 Å². The van der Waals surface area contributed by atoms with Gasteiger partial charge in [0, 0.05) is 11.3 Å². The van der Waals surface area contributed by atoms with E-state index < -0.39 is 17.2 Å². The number of aromatic carboxylic acids is 1. The second-order valence-corrected chi connectivity index (χ2v) is 5.36. The van der Waals surface area contributed by atoms with Crippen molar-refractivity contribution in [3.8, 4) is 11.3 Å². The number of para-hydroxylation sites is 1. The zero-order valence-electron chi connectivity index (χ0n) is 13.0. The van der Waals surface area contributed by atoms with Crippen LogP contribution in [0.1, 0.15) is 15.9 Å². The van der Waals surface area contributed by atoms with Crippen LogP contribution < -0.4 is 17.0 Å². The van der Waals surface area contributed by atoms with E-state index in [1.807, 2.05) is 0 Å². The first-order valence-corrected chi connectivity index (χ1v) is 7.34. The third-order valence-corrected chi connectivity index (χ3v) is 3.61. The van der Waals surface area contributed by atoms with Crippen LogP contribution in [0.15, 0.2) is 58.1 Å². The molecule has 1 heterocycles. The summed E-state index contributed by atoms with van der Waals surface area (Å²) in [6.07, 6.45) is 0. The van der Waals surface area contributed by atoms with Gasteiger partial charge in [-0.2, -0.15) is 5.10 Å².